The summed E-state index contributed by atoms with van der Waals surface area (Å²) in [5, 5.41) is 0. The lowest BCUT2D eigenvalue weighted by molar-refractivity contribution is -0.112. The number of ether oxygens (including phenoxy) is 3. The molecule has 0 amide bonds. The lowest BCUT2D eigenvalue weighted by Crippen LogP contribution is -2.44. The normalized spacial score (nSPS) is 30.7. The number of rotatable bonds is 2. The van der Waals surface area contributed by atoms with Crippen LogP contribution in [0.3, 0.4) is 0 Å². The van der Waals surface area contributed by atoms with Crippen LogP contribution in [0.1, 0.15) is 30.4 Å². The Morgan fingerprint density at radius 1 is 1.26 bits per heavy atom. The van der Waals surface area contributed by atoms with E-state index in [0.29, 0.717) is 0 Å². The Hall–Kier alpha value is -1.06. The molecule has 3 heteroatoms. The largest absolute Gasteiger partial charge is 0.490 e. The fraction of sp³-hybridized carbons (Fsp3) is 0.625. The van der Waals surface area contributed by atoms with Gasteiger partial charge in [-0.15, -0.1) is 0 Å². The second kappa shape index (κ2) is 5.14. The van der Waals surface area contributed by atoms with Crippen LogP contribution in [-0.2, 0) is 9.47 Å². The summed E-state index contributed by atoms with van der Waals surface area (Å²) in [4.78, 5) is 0. The van der Waals surface area contributed by atoms with Crippen molar-refractivity contribution >= 4 is 0 Å². The van der Waals surface area contributed by atoms with Crippen molar-refractivity contribution in [1.82, 2.24) is 0 Å². The zero-order chi connectivity index (χ0) is 13.3. The van der Waals surface area contributed by atoms with Crippen molar-refractivity contribution in [2.75, 3.05) is 19.8 Å². The fourth-order valence-electron chi connectivity index (χ4n) is 2.96. The van der Waals surface area contributed by atoms with Gasteiger partial charge in [-0.3, -0.25) is 0 Å². The first-order valence-electron chi connectivity index (χ1n) is 7.13. The molecule has 19 heavy (non-hydrogen) atoms. The first-order chi connectivity index (χ1) is 9.17. The molecule has 0 N–H and O–H groups in total. The van der Waals surface area contributed by atoms with Gasteiger partial charge in [0, 0.05) is 25.9 Å². The molecule has 2 fully saturated rings. The van der Waals surface area contributed by atoms with Gasteiger partial charge in [-0.25, -0.2) is 0 Å². The van der Waals surface area contributed by atoms with Crippen LogP contribution in [0.2, 0.25) is 0 Å². The Kier molecular flexibility index (Phi) is 3.50. The first-order valence-corrected chi connectivity index (χ1v) is 7.13. The average molecular weight is 262 g/mol. The van der Waals surface area contributed by atoms with Gasteiger partial charge >= 0.3 is 0 Å². The summed E-state index contributed by atoms with van der Waals surface area (Å²) in [5.74, 6) is 1.01. The lowest BCUT2D eigenvalue weighted by Gasteiger charge is -2.37. The molecule has 1 aromatic carbocycles. The molecule has 0 saturated carbocycles. The standard InChI is InChI=1S/C16H22O3/c1-12-3-4-13(2)15(9-12)19-14-5-7-18-16(10-14)6-8-17-11-16/h3-4,9,14H,5-8,10-11H2,1-2H3. The summed E-state index contributed by atoms with van der Waals surface area (Å²) in [6.07, 6.45) is 3.16. The number of benzene rings is 1. The van der Waals surface area contributed by atoms with Crippen LogP contribution in [0.25, 0.3) is 0 Å². The fourth-order valence-corrected chi connectivity index (χ4v) is 2.96. The smallest absolute Gasteiger partial charge is 0.122 e. The summed E-state index contributed by atoms with van der Waals surface area (Å²) in [7, 11) is 0. The van der Waals surface area contributed by atoms with E-state index in [-0.39, 0.29) is 11.7 Å². The van der Waals surface area contributed by atoms with Crippen molar-refractivity contribution in [3.8, 4) is 5.75 Å². The minimum Gasteiger partial charge on any atom is -0.490 e. The summed E-state index contributed by atoms with van der Waals surface area (Å²) in [6, 6.07) is 6.37. The van der Waals surface area contributed by atoms with Gasteiger partial charge in [0.1, 0.15) is 11.9 Å². The molecule has 104 valence electrons. The molecule has 2 aliphatic heterocycles. The number of aryl methyl sites for hydroxylation is 2. The molecular formula is C16H22O3. The minimum atomic E-state index is -0.0827. The van der Waals surface area contributed by atoms with E-state index in [4.69, 9.17) is 14.2 Å². The van der Waals surface area contributed by atoms with E-state index in [9.17, 15) is 0 Å². The number of hydrogen-bond acceptors (Lipinski definition) is 3. The predicted octanol–water partition coefficient (Wildman–Crippen LogP) is 3.02. The van der Waals surface area contributed by atoms with Gasteiger partial charge in [0.15, 0.2) is 0 Å². The third kappa shape index (κ3) is 2.77. The van der Waals surface area contributed by atoms with Gasteiger partial charge in [0.2, 0.25) is 0 Å². The molecule has 2 aliphatic rings. The Balaban J connectivity index is 1.70. The van der Waals surface area contributed by atoms with Crippen LogP contribution in [0, 0.1) is 13.8 Å². The lowest BCUT2D eigenvalue weighted by atomic mass is 9.91. The Bertz CT molecular complexity index is 449. The molecule has 2 saturated heterocycles. The maximum absolute atomic E-state index is 6.22. The van der Waals surface area contributed by atoms with Crippen molar-refractivity contribution in [3.63, 3.8) is 0 Å². The quantitative estimate of drug-likeness (QED) is 0.820. The topological polar surface area (TPSA) is 27.7 Å². The van der Waals surface area contributed by atoms with Crippen molar-refractivity contribution in [1.29, 1.82) is 0 Å². The van der Waals surface area contributed by atoms with Crippen LogP contribution < -0.4 is 4.74 Å². The molecule has 0 radical (unpaired) electrons. The van der Waals surface area contributed by atoms with Crippen LogP contribution in [-0.4, -0.2) is 31.5 Å². The molecule has 3 rings (SSSR count). The van der Waals surface area contributed by atoms with Gasteiger partial charge < -0.3 is 14.2 Å². The van der Waals surface area contributed by atoms with Crippen molar-refractivity contribution in [3.05, 3.63) is 29.3 Å². The highest BCUT2D eigenvalue weighted by Crippen LogP contribution is 2.35. The van der Waals surface area contributed by atoms with Gasteiger partial charge in [-0.2, -0.15) is 0 Å². The average Bonchev–Trinajstić information content (AvgIpc) is 2.82. The van der Waals surface area contributed by atoms with E-state index in [1.165, 1.54) is 11.1 Å². The third-order valence-corrected chi connectivity index (χ3v) is 4.15. The molecule has 1 spiro atoms. The molecule has 0 aliphatic carbocycles. The molecule has 2 unspecified atom stereocenters. The maximum Gasteiger partial charge on any atom is 0.122 e. The van der Waals surface area contributed by atoms with Crippen LogP contribution in [0.4, 0.5) is 0 Å². The summed E-state index contributed by atoms with van der Waals surface area (Å²) < 4.78 is 17.7. The van der Waals surface area contributed by atoms with E-state index < -0.39 is 0 Å². The van der Waals surface area contributed by atoms with Gasteiger partial charge in [-0.05, 0) is 31.0 Å². The highest BCUT2D eigenvalue weighted by atomic mass is 16.6. The SMILES string of the molecule is Cc1ccc(C)c(OC2CCOC3(CCOC3)C2)c1. The predicted molar refractivity (Wildman–Crippen MR) is 73.7 cm³/mol. The second-order valence-electron chi connectivity index (χ2n) is 5.84. The molecule has 2 atom stereocenters. The Morgan fingerprint density at radius 3 is 2.95 bits per heavy atom. The third-order valence-electron chi connectivity index (χ3n) is 4.15. The second-order valence-corrected chi connectivity index (χ2v) is 5.84. The summed E-state index contributed by atoms with van der Waals surface area (Å²) in [6.45, 7) is 6.51. The van der Waals surface area contributed by atoms with Gasteiger partial charge in [-0.1, -0.05) is 12.1 Å². The molecular weight excluding hydrogens is 240 g/mol. The van der Waals surface area contributed by atoms with Crippen LogP contribution >= 0.6 is 0 Å². The van der Waals surface area contributed by atoms with Crippen LogP contribution in [0.5, 0.6) is 5.75 Å². The molecule has 3 nitrogen and oxygen atoms in total. The molecule has 0 bridgehead atoms. The van der Waals surface area contributed by atoms with E-state index in [1.807, 2.05) is 0 Å². The Labute approximate surface area is 114 Å². The molecule has 0 aromatic heterocycles. The zero-order valence-electron chi connectivity index (χ0n) is 11.8. The highest BCUT2D eigenvalue weighted by molar-refractivity contribution is 5.36. The summed E-state index contributed by atoms with van der Waals surface area (Å²) in [5.41, 5.74) is 2.36. The zero-order valence-corrected chi connectivity index (χ0v) is 11.8. The van der Waals surface area contributed by atoms with Crippen molar-refractivity contribution in [2.45, 2.75) is 44.8 Å². The summed E-state index contributed by atoms with van der Waals surface area (Å²) >= 11 is 0. The van der Waals surface area contributed by atoms with Gasteiger partial charge in [0.25, 0.3) is 0 Å². The number of hydrogen-bond donors (Lipinski definition) is 0. The van der Waals surface area contributed by atoms with E-state index >= 15 is 0 Å². The van der Waals surface area contributed by atoms with E-state index in [2.05, 4.69) is 32.0 Å². The Morgan fingerprint density at radius 2 is 2.16 bits per heavy atom. The molecule has 1 aromatic rings. The maximum atomic E-state index is 6.22. The van der Waals surface area contributed by atoms with Gasteiger partial charge in [0.05, 0.1) is 18.8 Å². The minimum absolute atomic E-state index is 0.0827. The highest BCUT2D eigenvalue weighted by Gasteiger charge is 2.41. The molecule has 2 heterocycles. The van der Waals surface area contributed by atoms with Crippen molar-refractivity contribution in [2.24, 2.45) is 0 Å². The van der Waals surface area contributed by atoms with E-state index in [1.54, 1.807) is 0 Å². The monoisotopic (exact) mass is 262 g/mol. The van der Waals surface area contributed by atoms with E-state index in [0.717, 1.165) is 44.8 Å². The van der Waals surface area contributed by atoms with Crippen molar-refractivity contribution < 1.29 is 14.2 Å². The van der Waals surface area contributed by atoms with Crippen LogP contribution in [0.15, 0.2) is 18.2 Å². The first kappa shape index (κ1) is 12.9.